The van der Waals surface area contributed by atoms with Crippen LogP contribution in [-0.2, 0) is 9.53 Å². The lowest BCUT2D eigenvalue weighted by molar-refractivity contribution is -0.140. The van der Waals surface area contributed by atoms with Crippen LogP contribution >= 0.6 is 27.5 Å². The molecule has 5 nitrogen and oxygen atoms in total. The van der Waals surface area contributed by atoms with E-state index in [0.29, 0.717) is 39.5 Å². The number of halogens is 2. The molecule has 0 aliphatic heterocycles. The molecule has 0 spiro atoms. The topological polar surface area (TPSA) is 55.8 Å². The van der Waals surface area contributed by atoms with Gasteiger partial charge < -0.3 is 14.4 Å². The van der Waals surface area contributed by atoms with E-state index < -0.39 is 0 Å². The van der Waals surface area contributed by atoms with Crippen molar-refractivity contribution in [3.63, 3.8) is 0 Å². The maximum Gasteiger partial charge on any atom is 0.305 e. The number of para-hydroxylation sites is 2. The van der Waals surface area contributed by atoms with Gasteiger partial charge in [0.2, 0.25) is 0 Å². The number of nitrogens with zero attached hydrogens (tertiary/aromatic N) is 1. The highest BCUT2D eigenvalue weighted by Gasteiger charge is 2.18. The molecule has 2 rings (SSSR count). The normalized spacial score (nSPS) is 10.3. The molecule has 2 aromatic rings. The second kappa shape index (κ2) is 9.59. The second-order valence-corrected chi connectivity index (χ2v) is 6.75. The standard InChI is InChI=1S/C19H19BrClNO4/c1-22(19(24)13-9-10-15(21)14(20)12-13)16-6-3-4-7-17(16)26-11-5-8-18(23)25-2/h3-4,6-7,9-10,12H,5,8,11H2,1-2H3. The summed E-state index contributed by atoms with van der Waals surface area (Å²) in [6.07, 6.45) is 0.815. The van der Waals surface area contributed by atoms with Crippen molar-refractivity contribution in [2.75, 3.05) is 25.7 Å². The summed E-state index contributed by atoms with van der Waals surface area (Å²) >= 11 is 9.31. The van der Waals surface area contributed by atoms with E-state index >= 15 is 0 Å². The molecule has 0 heterocycles. The zero-order valence-electron chi connectivity index (χ0n) is 14.5. The molecule has 0 saturated carbocycles. The Bertz CT molecular complexity index is 797. The average Bonchev–Trinajstić information content (AvgIpc) is 2.66. The lowest BCUT2D eigenvalue weighted by atomic mass is 10.2. The number of ether oxygens (including phenoxy) is 2. The highest BCUT2D eigenvalue weighted by molar-refractivity contribution is 9.10. The number of rotatable bonds is 7. The number of anilines is 1. The maximum atomic E-state index is 12.8. The van der Waals surface area contributed by atoms with Gasteiger partial charge in [0.1, 0.15) is 5.75 Å². The summed E-state index contributed by atoms with van der Waals surface area (Å²) in [6, 6.07) is 12.3. The zero-order chi connectivity index (χ0) is 19.1. The molecule has 0 aromatic heterocycles. The number of hydrogen-bond acceptors (Lipinski definition) is 4. The van der Waals surface area contributed by atoms with Crippen LogP contribution in [0.25, 0.3) is 0 Å². The molecule has 0 unspecified atom stereocenters. The third-order valence-corrected chi connectivity index (χ3v) is 4.92. The van der Waals surface area contributed by atoms with Crippen LogP contribution in [0.15, 0.2) is 46.9 Å². The Morgan fingerprint density at radius 1 is 1.19 bits per heavy atom. The maximum absolute atomic E-state index is 12.8. The highest BCUT2D eigenvalue weighted by Crippen LogP contribution is 2.30. The van der Waals surface area contributed by atoms with Crippen molar-refractivity contribution in [2.45, 2.75) is 12.8 Å². The molecule has 0 saturated heterocycles. The van der Waals surface area contributed by atoms with Crippen molar-refractivity contribution in [3.05, 3.63) is 57.5 Å². The van der Waals surface area contributed by atoms with Gasteiger partial charge >= 0.3 is 5.97 Å². The number of carbonyl (C=O) groups is 2. The van der Waals surface area contributed by atoms with Crippen LogP contribution in [0, 0.1) is 0 Å². The first-order valence-electron chi connectivity index (χ1n) is 7.95. The molecule has 0 bridgehead atoms. The average molecular weight is 441 g/mol. The van der Waals surface area contributed by atoms with Crippen molar-refractivity contribution >= 4 is 45.1 Å². The first-order valence-corrected chi connectivity index (χ1v) is 9.13. The monoisotopic (exact) mass is 439 g/mol. The fraction of sp³-hybridized carbons (Fsp3) is 0.263. The van der Waals surface area contributed by atoms with Gasteiger partial charge in [-0.05, 0) is 52.7 Å². The first-order chi connectivity index (χ1) is 12.4. The molecule has 2 aromatic carbocycles. The SMILES string of the molecule is COC(=O)CCCOc1ccccc1N(C)C(=O)c1ccc(Cl)c(Br)c1. The van der Waals surface area contributed by atoms with Gasteiger partial charge in [-0.15, -0.1) is 0 Å². The molecule has 0 fully saturated rings. The van der Waals surface area contributed by atoms with Crippen molar-refractivity contribution in [1.29, 1.82) is 0 Å². The lowest BCUT2D eigenvalue weighted by Gasteiger charge is -2.21. The van der Waals surface area contributed by atoms with Gasteiger partial charge in [-0.25, -0.2) is 0 Å². The number of benzene rings is 2. The molecular formula is C19H19BrClNO4. The first kappa shape index (κ1) is 20.3. The Kier molecular flexibility index (Phi) is 7.48. The number of esters is 1. The van der Waals surface area contributed by atoms with E-state index in [4.69, 9.17) is 16.3 Å². The molecule has 0 N–H and O–H groups in total. The van der Waals surface area contributed by atoms with Crippen molar-refractivity contribution < 1.29 is 19.1 Å². The highest BCUT2D eigenvalue weighted by atomic mass is 79.9. The van der Waals surface area contributed by atoms with Crippen LogP contribution in [0.1, 0.15) is 23.2 Å². The predicted molar refractivity (Wildman–Crippen MR) is 105 cm³/mol. The summed E-state index contributed by atoms with van der Waals surface area (Å²) in [5.41, 5.74) is 1.14. The van der Waals surface area contributed by atoms with Crippen molar-refractivity contribution in [2.24, 2.45) is 0 Å². The van der Waals surface area contributed by atoms with Crippen LogP contribution in [0.2, 0.25) is 5.02 Å². The number of amides is 1. The molecule has 1 amide bonds. The van der Waals surface area contributed by atoms with E-state index in [2.05, 4.69) is 20.7 Å². The van der Waals surface area contributed by atoms with Crippen LogP contribution in [0.5, 0.6) is 5.75 Å². The third kappa shape index (κ3) is 5.22. The minimum atomic E-state index is -0.275. The smallest absolute Gasteiger partial charge is 0.305 e. The number of hydrogen-bond donors (Lipinski definition) is 0. The fourth-order valence-electron chi connectivity index (χ4n) is 2.29. The Morgan fingerprint density at radius 2 is 1.92 bits per heavy atom. The summed E-state index contributed by atoms with van der Waals surface area (Å²) in [5, 5.41) is 0.540. The third-order valence-electron chi connectivity index (χ3n) is 3.71. The van der Waals surface area contributed by atoms with E-state index in [-0.39, 0.29) is 18.3 Å². The summed E-state index contributed by atoms with van der Waals surface area (Å²) < 4.78 is 11.0. The Morgan fingerprint density at radius 3 is 2.62 bits per heavy atom. The van der Waals surface area contributed by atoms with E-state index in [1.54, 1.807) is 37.4 Å². The molecule has 0 atom stereocenters. The molecule has 138 valence electrons. The van der Waals surface area contributed by atoms with Gasteiger partial charge in [-0.2, -0.15) is 0 Å². The largest absolute Gasteiger partial charge is 0.491 e. The van der Waals surface area contributed by atoms with Gasteiger partial charge in [0.05, 0.1) is 24.4 Å². The van der Waals surface area contributed by atoms with Gasteiger partial charge in [-0.3, -0.25) is 9.59 Å². The molecule has 0 aliphatic rings. The second-order valence-electron chi connectivity index (χ2n) is 5.49. The molecule has 26 heavy (non-hydrogen) atoms. The van der Waals surface area contributed by atoms with Crippen molar-refractivity contribution in [3.8, 4) is 5.75 Å². The fourth-order valence-corrected chi connectivity index (χ4v) is 2.79. The minimum Gasteiger partial charge on any atom is -0.491 e. The predicted octanol–water partition coefficient (Wildman–Crippen LogP) is 4.71. The number of methoxy groups -OCH3 is 1. The van der Waals surface area contributed by atoms with Crippen LogP contribution in [0.4, 0.5) is 5.69 Å². The van der Waals surface area contributed by atoms with Crippen molar-refractivity contribution in [1.82, 2.24) is 0 Å². The summed E-state index contributed by atoms with van der Waals surface area (Å²) in [7, 11) is 3.04. The quantitative estimate of drug-likeness (QED) is 0.462. The van der Waals surface area contributed by atoms with E-state index in [1.807, 2.05) is 12.1 Å². The Balaban J connectivity index is 2.10. The van der Waals surface area contributed by atoms with Crippen LogP contribution < -0.4 is 9.64 Å². The zero-order valence-corrected chi connectivity index (χ0v) is 16.8. The van der Waals surface area contributed by atoms with Gasteiger partial charge in [0.25, 0.3) is 5.91 Å². The summed E-state index contributed by atoms with van der Waals surface area (Å²) in [5.74, 6) is 0.108. The molecule has 7 heteroatoms. The van der Waals surface area contributed by atoms with Crippen LogP contribution in [0.3, 0.4) is 0 Å². The molecule has 0 radical (unpaired) electrons. The van der Waals surface area contributed by atoms with Gasteiger partial charge in [-0.1, -0.05) is 23.7 Å². The molecular weight excluding hydrogens is 422 g/mol. The van der Waals surface area contributed by atoms with E-state index in [9.17, 15) is 9.59 Å². The Labute approximate surface area is 166 Å². The number of carbonyl (C=O) groups excluding carboxylic acids is 2. The Hall–Kier alpha value is -2.05. The van der Waals surface area contributed by atoms with E-state index in [1.165, 1.54) is 12.0 Å². The molecule has 0 aliphatic carbocycles. The van der Waals surface area contributed by atoms with E-state index in [0.717, 1.165) is 0 Å². The lowest BCUT2D eigenvalue weighted by Crippen LogP contribution is -2.26. The summed E-state index contributed by atoms with van der Waals surface area (Å²) in [4.78, 5) is 25.4. The van der Waals surface area contributed by atoms with Crippen LogP contribution in [-0.4, -0.2) is 32.6 Å². The minimum absolute atomic E-state index is 0.187. The summed E-state index contributed by atoms with van der Waals surface area (Å²) in [6.45, 7) is 0.348. The van der Waals surface area contributed by atoms with Gasteiger partial charge in [0.15, 0.2) is 0 Å². The van der Waals surface area contributed by atoms with Gasteiger partial charge in [0, 0.05) is 23.5 Å².